The van der Waals surface area contributed by atoms with Crippen molar-refractivity contribution < 1.29 is 14.5 Å². The maximum absolute atomic E-state index is 13.0. The number of carbonyl (C=O) groups is 2. The van der Waals surface area contributed by atoms with Crippen molar-refractivity contribution in [3.05, 3.63) is 76.4 Å². The van der Waals surface area contributed by atoms with Crippen molar-refractivity contribution >= 4 is 28.9 Å². The fourth-order valence-electron chi connectivity index (χ4n) is 5.10. The third-order valence-electron chi connectivity index (χ3n) is 6.48. The lowest BCUT2D eigenvalue weighted by atomic mass is 9.85. The third-order valence-corrected chi connectivity index (χ3v) is 6.48. The number of fused-ring (bicyclic) bond motifs is 5. The van der Waals surface area contributed by atoms with Gasteiger partial charge < -0.3 is 5.32 Å². The van der Waals surface area contributed by atoms with Crippen LogP contribution in [0.2, 0.25) is 0 Å². The van der Waals surface area contributed by atoms with Crippen molar-refractivity contribution in [2.45, 2.75) is 12.8 Å². The minimum Gasteiger partial charge on any atom is -0.379 e. The summed E-state index contributed by atoms with van der Waals surface area (Å²) in [6.45, 7) is 0.533. The molecule has 1 saturated carbocycles. The number of imide groups is 1. The second kappa shape index (κ2) is 7.09. The molecular formula is C23H21N3O4. The van der Waals surface area contributed by atoms with E-state index in [1.165, 1.54) is 6.07 Å². The van der Waals surface area contributed by atoms with E-state index in [-0.39, 0.29) is 46.9 Å². The lowest BCUT2D eigenvalue weighted by molar-refractivity contribution is -0.383. The van der Waals surface area contributed by atoms with E-state index in [9.17, 15) is 19.7 Å². The number of hydrogen-bond acceptors (Lipinski definition) is 5. The summed E-state index contributed by atoms with van der Waals surface area (Å²) >= 11 is 0. The van der Waals surface area contributed by atoms with Gasteiger partial charge in [-0.15, -0.1) is 0 Å². The first-order valence-corrected chi connectivity index (χ1v) is 10.2. The number of nitrogens with one attached hydrogen (secondary N) is 1. The molecule has 1 heterocycles. The number of carbonyl (C=O) groups excluding carboxylic acids is 2. The smallest absolute Gasteiger partial charge is 0.294 e. The first-order valence-electron chi connectivity index (χ1n) is 10.2. The van der Waals surface area contributed by atoms with Crippen LogP contribution < -0.4 is 10.2 Å². The minimum atomic E-state index is -0.481. The van der Waals surface area contributed by atoms with Gasteiger partial charge in [0.1, 0.15) is 5.69 Å². The molecule has 4 atom stereocenters. The van der Waals surface area contributed by atoms with E-state index < -0.39 is 4.92 Å². The second-order valence-corrected chi connectivity index (χ2v) is 8.13. The first kappa shape index (κ1) is 18.5. The summed E-state index contributed by atoms with van der Waals surface area (Å²) in [5.41, 5.74) is 1.64. The summed E-state index contributed by atoms with van der Waals surface area (Å²) in [6, 6.07) is 14.4. The number of nitrogens with zero attached hydrogens (tertiary/aromatic N) is 2. The number of benzene rings is 2. The average molecular weight is 403 g/mol. The Hall–Kier alpha value is -3.48. The van der Waals surface area contributed by atoms with Gasteiger partial charge in [0, 0.05) is 12.6 Å². The standard InChI is InChI=1S/C23H21N3O4/c27-22-20-15-6-7-16(12-15)21(20)23(28)25(22)17-8-9-18(19(13-17)26(29)30)24-11-10-14-4-2-1-3-5-14/h1-9,13,15-16,20-21,24H,10-12H2/t15-,16-,20+,21+/m0/s1. The molecule has 0 radical (unpaired) electrons. The summed E-state index contributed by atoms with van der Waals surface area (Å²) < 4.78 is 0. The maximum atomic E-state index is 13.0. The highest BCUT2D eigenvalue weighted by Gasteiger charge is 2.59. The molecule has 2 aliphatic carbocycles. The van der Waals surface area contributed by atoms with E-state index in [0.29, 0.717) is 12.2 Å². The van der Waals surface area contributed by atoms with Gasteiger partial charge in [0.2, 0.25) is 11.8 Å². The molecule has 0 aromatic heterocycles. The monoisotopic (exact) mass is 403 g/mol. The summed E-state index contributed by atoms with van der Waals surface area (Å²) in [5, 5.41) is 14.8. The van der Waals surface area contributed by atoms with Crippen LogP contribution in [0.4, 0.5) is 17.1 Å². The van der Waals surface area contributed by atoms with Crippen LogP contribution >= 0.6 is 0 Å². The van der Waals surface area contributed by atoms with Gasteiger partial charge >= 0.3 is 0 Å². The molecule has 2 aromatic rings. The number of rotatable bonds is 6. The number of anilines is 2. The number of amides is 2. The van der Waals surface area contributed by atoms with E-state index in [2.05, 4.69) is 5.32 Å². The molecule has 7 heteroatoms. The first-order chi connectivity index (χ1) is 14.5. The van der Waals surface area contributed by atoms with Crippen molar-refractivity contribution in [2.75, 3.05) is 16.8 Å². The molecule has 152 valence electrons. The van der Waals surface area contributed by atoms with Crippen LogP contribution in [0.5, 0.6) is 0 Å². The Bertz CT molecular complexity index is 1040. The Kier molecular flexibility index (Phi) is 4.38. The van der Waals surface area contributed by atoms with Gasteiger partial charge in [-0.2, -0.15) is 0 Å². The van der Waals surface area contributed by atoms with Crippen molar-refractivity contribution in [1.29, 1.82) is 0 Å². The fraction of sp³-hybridized carbons (Fsp3) is 0.304. The quantitative estimate of drug-likeness (QED) is 0.345. The van der Waals surface area contributed by atoms with Crippen molar-refractivity contribution in [1.82, 2.24) is 0 Å². The molecule has 7 nitrogen and oxygen atoms in total. The van der Waals surface area contributed by atoms with E-state index in [4.69, 9.17) is 0 Å². The van der Waals surface area contributed by atoms with Crippen LogP contribution in [0.25, 0.3) is 0 Å². The largest absolute Gasteiger partial charge is 0.379 e. The maximum Gasteiger partial charge on any atom is 0.294 e. The van der Waals surface area contributed by atoms with Crippen LogP contribution in [0.1, 0.15) is 12.0 Å². The van der Waals surface area contributed by atoms with E-state index in [1.54, 1.807) is 12.1 Å². The van der Waals surface area contributed by atoms with E-state index in [0.717, 1.165) is 23.3 Å². The Morgan fingerprint density at radius 1 is 1.00 bits per heavy atom. The molecule has 1 N–H and O–H groups in total. The molecule has 3 aliphatic rings. The Balaban J connectivity index is 1.37. The lowest BCUT2D eigenvalue weighted by Crippen LogP contribution is -2.32. The van der Waals surface area contributed by atoms with Crippen LogP contribution in [0.15, 0.2) is 60.7 Å². The van der Waals surface area contributed by atoms with Crippen LogP contribution in [-0.2, 0) is 16.0 Å². The van der Waals surface area contributed by atoms with Gasteiger partial charge in [-0.25, -0.2) is 4.90 Å². The average Bonchev–Trinajstić information content (AvgIpc) is 3.43. The lowest BCUT2D eigenvalue weighted by Gasteiger charge is -2.18. The molecule has 1 saturated heterocycles. The number of allylic oxidation sites excluding steroid dienone is 2. The Morgan fingerprint density at radius 3 is 2.30 bits per heavy atom. The highest BCUT2D eigenvalue weighted by Crippen LogP contribution is 2.53. The fourth-order valence-corrected chi connectivity index (χ4v) is 5.10. The topological polar surface area (TPSA) is 92.6 Å². The molecule has 2 bridgehead atoms. The van der Waals surface area contributed by atoms with Gasteiger partial charge in [0.25, 0.3) is 5.69 Å². The zero-order valence-corrected chi connectivity index (χ0v) is 16.2. The normalized spacial score (nSPS) is 26.3. The summed E-state index contributed by atoms with van der Waals surface area (Å²) in [4.78, 5) is 38.3. The van der Waals surface area contributed by atoms with Gasteiger partial charge in [0.15, 0.2) is 0 Å². The van der Waals surface area contributed by atoms with Gasteiger partial charge in [-0.05, 0) is 42.4 Å². The van der Waals surface area contributed by atoms with Crippen molar-refractivity contribution in [3.63, 3.8) is 0 Å². The van der Waals surface area contributed by atoms with Crippen molar-refractivity contribution in [3.8, 4) is 0 Å². The van der Waals surface area contributed by atoms with Gasteiger partial charge in [-0.1, -0.05) is 42.5 Å². The zero-order chi connectivity index (χ0) is 20.8. The van der Waals surface area contributed by atoms with E-state index in [1.807, 2.05) is 42.5 Å². The summed E-state index contributed by atoms with van der Waals surface area (Å²) in [5.74, 6) is -0.905. The number of nitro benzene ring substituents is 1. The molecule has 0 unspecified atom stereocenters. The highest BCUT2D eigenvalue weighted by molar-refractivity contribution is 6.23. The number of hydrogen-bond donors (Lipinski definition) is 1. The Labute approximate surface area is 173 Å². The summed E-state index contributed by atoms with van der Waals surface area (Å²) in [6.07, 6.45) is 5.64. The van der Waals surface area contributed by atoms with Crippen LogP contribution in [0, 0.1) is 33.8 Å². The molecule has 2 amide bonds. The predicted octanol–water partition coefficient (Wildman–Crippen LogP) is 3.56. The second-order valence-electron chi connectivity index (χ2n) is 8.13. The summed E-state index contributed by atoms with van der Waals surface area (Å²) in [7, 11) is 0. The van der Waals surface area contributed by atoms with Crippen molar-refractivity contribution in [2.24, 2.45) is 23.7 Å². The SMILES string of the molecule is O=C1[C@H]2[C@H](C(=O)N1c1ccc(NCCc3ccccc3)c([N+](=O)[O-])c1)[C@H]1C=C[C@H]2C1. The zero-order valence-electron chi connectivity index (χ0n) is 16.2. The molecular weight excluding hydrogens is 382 g/mol. The van der Waals surface area contributed by atoms with Crippen LogP contribution in [0.3, 0.4) is 0 Å². The third kappa shape index (κ3) is 2.89. The van der Waals surface area contributed by atoms with Gasteiger partial charge in [-0.3, -0.25) is 19.7 Å². The Morgan fingerprint density at radius 2 is 1.67 bits per heavy atom. The minimum absolute atomic E-state index is 0.107. The molecule has 2 fully saturated rings. The molecule has 0 spiro atoms. The number of nitro groups is 1. The van der Waals surface area contributed by atoms with Crippen LogP contribution in [-0.4, -0.2) is 23.3 Å². The predicted molar refractivity (Wildman–Crippen MR) is 112 cm³/mol. The highest BCUT2D eigenvalue weighted by atomic mass is 16.6. The molecule has 2 aromatic carbocycles. The van der Waals surface area contributed by atoms with E-state index >= 15 is 0 Å². The molecule has 5 rings (SSSR count). The molecule has 30 heavy (non-hydrogen) atoms. The van der Waals surface area contributed by atoms with Gasteiger partial charge in [0.05, 0.1) is 22.4 Å². The molecule has 1 aliphatic heterocycles.